The largest absolute Gasteiger partial charge is 0.484 e. The van der Waals surface area contributed by atoms with E-state index in [-0.39, 0.29) is 18.4 Å². The van der Waals surface area contributed by atoms with E-state index in [0.29, 0.717) is 24.0 Å². The van der Waals surface area contributed by atoms with E-state index in [2.05, 4.69) is 19.2 Å². The smallest absolute Gasteiger partial charge is 0.258 e. The molecule has 3 atom stereocenters. The van der Waals surface area contributed by atoms with E-state index >= 15 is 0 Å². The fraction of sp³-hybridized carbons (Fsp3) is 0.600. The third kappa shape index (κ3) is 6.56. The van der Waals surface area contributed by atoms with Crippen LogP contribution in [-0.4, -0.2) is 54.5 Å². The van der Waals surface area contributed by atoms with E-state index in [1.807, 2.05) is 29.4 Å². The number of benzene rings is 1. The summed E-state index contributed by atoms with van der Waals surface area (Å²) >= 11 is 1.68. The van der Waals surface area contributed by atoms with Gasteiger partial charge in [0.2, 0.25) is 5.91 Å². The number of rotatable bonds is 8. The summed E-state index contributed by atoms with van der Waals surface area (Å²) in [4.78, 5) is 27.2. The van der Waals surface area contributed by atoms with E-state index in [1.54, 1.807) is 23.9 Å². The van der Waals surface area contributed by atoms with E-state index in [0.717, 1.165) is 25.3 Å². The molecule has 0 spiro atoms. The molecule has 1 aliphatic heterocycles. The molecule has 1 saturated heterocycles. The van der Waals surface area contributed by atoms with Crippen LogP contribution in [0.4, 0.5) is 0 Å². The number of carbonyl (C=O) groups is 2. The molecule has 0 unspecified atom stereocenters. The van der Waals surface area contributed by atoms with Crippen molar-refractivity contribution in [2.24, 2.45) is 11.8 Å². The van der Waals surface area contributed by atoms with Crippen molar-refractivity contribution in [3.63, 3.8) is 0 Å². The maximum absolute atomic E-state index is 13.0. The second-order valence-corrected chi connectivity index (χ2v) is 8.18. The molecule has 2 amide bonds. The van der Waals surface area contributed by atoms with Crippen LogP contribution < -0.4 is 10.1 Å². The van der Waals surface area contributed by atoms with Crippen LogP contribution in [0.3, 0.4) is 0 Å². The minimum absolute atomic E-state index is 0.0329. The van der Waals surface area contributed by atoms with Crippen molar-refractivity contribution in [2.75, 3.05) is 31.7 Å². The van der Waals surface area contributed by atoms with E-state index in [1.165, 1.54) is 0 Å². The minimum Gasteiger partial charge on any atom is -0.484 e. The third-order valence-corrected chi connectivity index (χ3v) is 5.18. The molecule has 0 saturated carbocycles. The predicted molar refractivity (Wildman–Crippen MR) is 106 cm³/mol. The molecular weight excluding hydrogens is 348 g/mol. The van der Waals surface area contributed by atoms with Gasteiger partial charge < -0.3 is 15.0 Å². The summed E-state index contributed by atoms with van der Waals surface area (Å²) in [6.07, 6.45) is 3.79. The lowest BCUT2D eigenvalue weighted by atomic mass is 9.91. The van der Waals surface area contributed by atoms with Gasteiger partial charge in [0, 0.05) is 13.1 Å². The third-order valence-electron chi connectivity index (χ3n) is 4.54. The van der Waals surface area contributed by atoms with Gasteiger partial charge >= 0.3 is 0 Å². The first-order valence-electron chi connectivity index (χ1n) is 9.24. The molecule has 6 heteroatoms. The van der Waals surface area contributed by atoms with Crippen molar-refractivity contribution < 1.29 is 14.3 Å². The SMILES string of the molecule is CSCC[C@@H](NC(=O)COc1ccccc1)C(=O)N1C[C@H](C)C[C@H](C)C1. The van der Waals surface area contributed by atoms with Crippen LogP contribution in [0.5, 0.6) is 5.75 Å². The van der Waals surface area contributed by atoms with E-state index in [9.17, 15) is 9.59 Å². The van der Waals surface area contributed by atoms with Crippen molar-refractivity contribution in [2.45, 2.75) is 32.7 Å². The summed E-state index contributed by atoms with van der Waals surface area (Å²) in [7, 11) is 0. The molecule has 5 nitrogen and oxygen atoms in total. The van der Waals surface area contributed by atoms with Crippen LogP contribution >= 0.6 is 11.8 Å². The standard InChI is InChI=1S/C20H30N2O3S/c1-15-11-16(2)13-22(12-15)20(24)18(9-10-26-3)21-19(23)14-25-17-7-5-4-6-8-17/h4-8,15-16,18H,9-14H2,1-3H3,(H,21,23)/t15-,16+,18-/m1/s1. The van der Waals surface area contributed by atoms with Crippen LogP contribution in [0.1, 0.15) is 26.7 Å². The number of para-hydroxylation sites is 1. The molecule has 1 N–H and O–H groups in total. The van der Waals surface area contributed by atoms with Crippen LogP contribution in [0.2, 0.25) is 0 Å². The molecular formula is C20H30N2O3S. The zero-order chi connectivity index (χ0) is 18.9. The monoisotopic (exact) mass is 378 g/mol. The van der Waals surface area contributed by atoms with Crippen LogP contribution in [-0.2, 0) is 9.59 Å². The van der Waals surface area contributed by atoms with Crippen molar-refractivity contribution in [1.29, 1.82) is 0 Å². The molecule has 144 valence electrons. The Labute approximate surface area is 160 Å². The second-order valence-electron chi connectivity index (χ2n) is 7.19. The van der Waals surface area contributed by atoms with Gasteiger partial charge in [-0.2, -0.15) is 11.8 Å². The first-order chi connectivity index (χ1) is 12.5. The maximum atomic E-state index is 13.0. The maximum Gasteiger partial charge on any atom is 0.258 e. The van der Waals surface area contributed by atoms with Gasteiger partial charge in [-0.15, -0.1) is 0 Å². The quantitative estimate of drug-likeness (QED) is 0.756. The molecule has 26 heavy (non-hydrogen) atoms. The van der Waals surface area contributed by atoms with Gasteiger partial charge in [-0.05, 0) is 48.8 Å². The zero-order valence-corrected chi connectivity index (χ0v) is 16.8. The molecule has 1 aliphatic rings. The average Bonchev–Trinajstić information content (AvgIpc) is 2.63. The van der Waals surface area contributed by atoms with Crippen molar-refractivity contribution in [1.82, 2.24) is 10.2 Å². The number of nitrogens with one attached hydrogen (secondary N) is 1. The van der Waals surface area contributed by atoms with Crippen LogP contribution in [0.25, 0.3) is 0 Å². The molecule has 1 fully saturated rings. The highest BCUT2D eigenvalue weighted by Gasteiger charge is 2.30. The van der Waals surface area contributed by atoms with Gasteiger partial charge in [0.05, 0.1) is 0 Å². The number of hydrogen-bond acceptors (Lipinski definition) is 4. The summed E-state index contributed by atoms with van der Waals surface area (Å²) in [5.41, 5.74) is 0. The predicted octanol–water partition coefficient (Wildman–Crippen LogP) is 2.81. The normalized spacial score (nSPS) is 21.1. The summed E-state index contributed by atoms with van der Waals surface area (Å²) in [6, 6.07) is 8.74. The highest BCUT2D eigenvalue weighted by atomic mass is 32.2. The van der Waals surface area contributed by atoms with Gasteiger partial charge in [0.25, 0.3) is 5.91 Å². The Kier molecular flexibility index (Phi) is 8.29. The van der Waals surface area contributed by atoms with Gasteiger partial charge in [0.1, 0.15) is 11.8 Å². The number of ether oxygens (including phenoxy) is 1. The van der Waals surface area contributed by atoms with Gasteiger partial charge in [-0.25, -0.2) is 0 Å². The Balaban J connectivity index is 1.92. The van der Waals surface area contributed by atoms with Gasteiger partial charge in [-0.3, -0.25) is 9.59 Å². The first kappa shape index (κ1) is 20.6. The lowest BCUT2D eigenvalue weighted by Crippen LogP contribution is -2.53. The van der Waals surface area contributed by atoms with Crippen LogP contribution in [0.15, 0.2) is 30.3 Å². The summed E-state index contributed by atoms with van der Waals surface area (Å²) in [5, 5.41) is 2.88. The first-order valence-corrected chi connectivity index (χ1v) is 10.6. The summed E-state index contributed by atoms with van der Waals surface area (Å²) in [6.45, 7) is 5.82. The van der Waals surface area contributed by atoms with Crippen LogP contribution in [0, 0.1) is 11.8 Å². The van der Waals surface area contributed by atoms with E-state index < -0.39 is 6.04 Å². The topological polar surface area (TPSA) is 58.6 Å². The van der Waals surface area contributed by atoms with Gasteiger partial charge in [-0.1, -0.05) is 32.0 Å². The lowest BCUT2D eigenvalue weighted by molar-refractivity contribution is -0.139. The van der Waals surface area contributed by atoms with Crippen molar-refractivity contribution >= 4 is 23.6 Å². The number of hydrogen-bond donors (Lipinski definition) is 1. The number of carbonyl (C=O) groups excluding carboxylic acids is 2. The summed E-state index contributed by atoms with van der Waals surface area (Å²) in [5.74, 6) is 2.25. The Morgan fingerprint density at radius 3 is 2.50 bits per heavy atom. The highest BCUT2D eigenvalue weighted by Crippen LogP contribution is 2.22. The Bertz CT molecular complexity index is 572. The molecule has 0 aliphatic carbocycles. The Morgan fingerprint density at radius 2 is 1.88 bits per heavy atom. The molecule has 2 rings (SSSR count). The second kappa shape index (κ2) is 10.5. The number of amides is 2. The molecule has 1 aromatic carbocycles. The fourth-order valence-electron chi connectivity index (χ4n) is 3.46. The fourth-order valence-corrected chi connectivity index (χ4v) is 3.93. The lowest BCUT2D eigenvalue weighted by Gasteiger charge is -2.37. The minimum atomic E-state index is -0.480. The Hall–Kier alpha value is -1.69. The number of piperidine rings is 1. The number of nitrogens with zero attached hydrogens (tertiary/aromatic N) is 1. The number of thioether (sulfide) groups is 1. The van der Waals surface area contributed by atoms with Crippen molar-refractivity contribution in [3.05, 3.63) is 30.3 Å². The zero-order valence-electron chi connectivity index (χ0n) is 15.9. The van der Waals surface area contributed by atoms with E-state index in [4.69, 9.17) is 4.74 Å². The summed E-state index contributed by atoms with van der Waals surface area (Å²) < 4.78 is 5.49. The molecule has 0 aromatic heterocycles. The Morgan fingerprint density at radius 1 is 1.23 bits per heavy atom. The number of likely N-dealkylation sites (tertiary alicyclic amines) is 1. The molecule has 1 aromatic rings. The average molecular weight is 379 g/mol. The molecule has 0 radical (unpaired) electrons. The van der Waals surface area contributed by atoms with Crippen molar-refractivity contribution in [3.8, 4) is 5.75 Å². The highest BCUT2D eigenvalue weighted by molar-refractivity contribution is 7.98. The molecule has 1 heterocycles. The van der Waals surface area contributed by atoms with Gasteiger partial charge in [0.15, 0.2) is 6.61 Å². The molecule has 0 bridgehead atoms.